The van der Waals surface area contributed by atoms with Crippen molar-refractivity contribution in [2.24, 2.45) is 0 Å². The smallest absolute Gasteiger partial charge is 0.126 e. The topological polar surface area (TPSA) is 20.2 Å². The van der Waals surface area contributed by atoms with Crippen molar-refractivity contribution in [2.75, 3.05) is 11.5 Å². The van der Waals surface area contributed by atoms with Crippen LogP contribution in [0.4, 0.5) is 8.78 Å². The van der Waals surface area contributed by atoms with Crippen molar-refractivity contribution in [3.63, 3.8) is 0 Å². The van der Waals surface area contributed by atoms with E-state index >= 15 is 0 Å². The molecular formula is C11H14F2OS. The van der Waals surface area contributed by atoms with E-state index in [1.54, 1.807) is 11.8 Å². The van der Waals surface area contributed by atoms with E-state index in [-0.39, 0.29) is 12.0 Å². The standard InChI is InChI=1S/C11H14F2OS/c1-2-15-7-10(14)6-8-5-9(12)3-4-11(8)13/h3-5,10,14H,2,6-7H2,1H3. The first kappa shape index (κ1) is 12.5. The molecule has 1 nitrogen and oxygen atoms in total. The van der Waals surface area contributed by atoms with E-state index in [2.05, 4.69) is 0 Å². The summed E-state index contributed by atoms with van der Waals surface area (Å²) in [4.78, 5) is 0. The Morgan fingerprint density at radius 3 is 2.80 bits per heavy atom. The highest BCUT2D eigenvalue weighted by molar-refractivity contribution is 7.99. The van der Waals surface area contributed by atoms with Crippen molar-refractivity contribution in [1.82, 2.24) is 0 Å². The van der Waals surface area contributed by atoms with E-state index in [1.807, 2.05) is 6.92 Å². The van der Waals surface area contributed by atoms with E-state index in [4.69, 9.17) is 0 Å². The lowest BCUT2D eigenvalue weighted by atomic mass is 10.1. The molecule has 0 saturated carbocycles. The molecule has 4 heteroatoms. The molecule has 0 saturated heterocycles. The average molecular weight is 232 g/mol. The molecule has 15 heavy (non-hydrogen) atoms. The van der Waals surface area contributed by atoms with Gasteiger partial charge in [-0.1, -0.05) is 6.92 Å². The molecule has 1 aromatic carbocycles. The Morgan fingerprint density at radius 1 is 1.40 bits per heavy atom. The number of benzene rings is 1. The van der Waals surface area contributed by atoms with Gasteiger partial charge in [0, 0.05) is 12.2 Å². The van der Waals surface area contributed by atoms with Crippen molar-refractivity contribution >= 4 is 11.8 Å². The Kier molecular flexibility index (Phi) is 5.05. The van der Waals surface area contributed by atoms with Crippen molar-refractivity contribution in [3.05, 3.63) is 35.4 Å². The zero-order valence-electron chi connectivity index (χ0n) is 8.54. The van der Waals surface area contributed by atoms with Gasteiger partial charge in [0.1, 0.15) is 11.6 Å². The highest BCUT2D eigenvalue weighted by atomic mass is 32.2. The minimum atomic E-state index is -0.619. The van der Waals surface area contributed by atoms with Gasteiger partial charge in [-0.25, -0.2) is 8.78 Å². The van der Waals surface area contributed by atoms with Gasteiger partial charge in [-0.05, 0) is 29.5 Å². The molecule has 0 amide bonds. The molecule has 1 rings (SSSR count). The summed E-state index contributed by atoms with van der Waals surface area (Å²) >= 11 is 1.58. The van der Waals surface area contributed by atoms with E-state index < -0.39 is 17.7 Å². The van der Waals surface area contributed by atoms with Crippen LogP contribution in [0.15, 0.2) is 18.2 Å². The van der Waals surface area contributed by atoms with Crippen LogP contribution in [0.2, 0.25) is 0 Å². The van der Waals surface area contributed by atoms with Crippen LogP contribution in [0.25, 0.3) is 0 Å². The molecule has 1 atom stereocenters. The summed E-state index contributed by atoms with van der Waals surface area (Å²) in [5.74, 6) is 0.522. The molecule has 0 bridgehead atoms. The SMILES string of the molecule is CCSCC(O)Cc1cc(F)ccc1F. The second kappa shape index (κ2) is 6.08. The molecule has 1 N–H and O–H groups in total. The lowest BCUT2D eigenvalue weighted by molar-refractivity contribution is 0.198. The summed E-state index contributed by atoms with van der Waals surface area (Å²) in [7, 11) is 0. The number of hydrogen-bond donors (Lipinski definition) is 1. The molecule has 0 fully saturated rings. The highest BCUT2D eigenvalue weighted by Crippen LogP contribution is 2.13. The number of halogens is 2. The molecule has 0 aliphatic carbocycles. The third-order valence-corrected chi connectivity index (χ3v) is 3.01. The quantitative estimate of drug-likeness (QED) is 0.842. The Morgan fingerprint density at radius 2 is 2.13 bits per heavy atom. The highest BCUT2D eigenvalue weighted by Gasteiger charge is 2.10. The molecule has 0 heterocycles. The van der Waals surface area contributed by atoms with E-state index in [9.17, 15) is 13.9 Å². The first-order valence-corrected chi connectivity index (χ1v) is 5.98. The predicted molar refractivity (Wildman–Crippen MR) is 59.1 cm³/mol. The zero-order chi connectivity index (χ0) is 11.3. The summed E-state index contributed by atoms with van der Waals surface area (Å²) in [5.41, 5.74) is 0.235. The lowest BCUT2D eigenvalue weighted by Crippen LogP contribution is -2.14. The third kappa shape index (κ3) is 4.18. The second-order valence-corrected chi connectivity index (χ2v) is 4.57. The molecule has 1 aromatic rings. The van der Waals surface area contributed by atoms with Crippen molar-refractivity contribution < 1.29 is 13.9 Å². The van der Waals surface area contributed by atoms with Gasteiger partial charge in [-0.2, -0.15) is 11.8 Å². The largest absolute Gasteiger partial charge is 0.392 e. The number of hydrogen-bond acceptors (Lipinski definition) is 2. The van der Waals surface area contributed by atoms with Gasteiger partial charge in [0.25, 0.3) is 0 Å². The zero-order valence-corrected chi connectivity index (χ0v) is 9.36. The minimum absolute atomic E-state index is 0.163. The molecule has 84 valence electrons. The van der Waals surface area contributed by atoms with Gasteiger partial charge in [0.05, 0.1) is 6.10 Å². The fourth-order valence-electron chi connectivity index (χ4n) is 1.27. The average Bonchev–Trinajstić information content (AvgIpc) is 2.20. The van der Waals surface area contributed by atoms with Gasteiger partial charge >= 0.3 is 0 Å². The first-order chi connectivity index (χ1) is 7.13. The van der Waals surface area contributed by atoms with Crippen LogP contribution in [0.5, 0.6) is 0 Å². The van der Waals surface area contributed by atoms with Crippen molar-refractivity contribution in [1.29, 1.82) is 0 Å². The predicted octanol–water partition coefficient (Wildman–Crippen LogP) is 2.62. The molecular weight excluding hydrogens is 218 g/mol. The van der Waals surface area contributed by atoms with Crippen LogP contribution in [-0.2, 0) is 6.42 Å². The van der Waals surface area contributed by atoms with Crippen LogP contribution in [0.3, 0.4) is 0 Å². The van der Waals surface area contributed by atoms with Crippen LogP contribution in [-0.4, -0.2) is 22.7 Å². The number of rotatable bonds is 5. The summed E-state index contributed by atoms with van der Waals surface area (Å²) in [6, 6.07) is 3.30. The fourth-order valence-corrected chi connectivity index (χ4v) is 1.89. The fraction of sp³-hybridized carbons (Fsp3) is 0.455. The van der Waals surface area contributed by atoms with Gasteiger partial charge < -0.3 is 5.11 Å². The van der Waals surface area contributed by atoms with Gasteiger partial charge in [0.2, 0.25) is 0 Å². The molecule has 0 spiro atoms. The van der Waals surface area contributed by atoms with Gasteiger partial charge in [0.15, 0.2) is 0 Å². The maximum absolute atomic E-state index is 13.2. The van der Waals surface area contributed by atoms with Crippen molar-refractivity contribution in [2.45, 2.75) is 19.4 Å². The van der Waals surface area contributed by atoms with Crippen LogP contribution >= 0.6 is 11.8 Å². The minimum Gasteiger partial charge on any atom is -0.392 e. The second-order valence-electron chi connectivity index (χ2n) is 3.25. The normalized spacial score (nSPS) is 12.8. The van der Waals surface area contributed by atoms with E-state index in [0.717, 1.165) is 24.0 Å². The number of thioether (sulfide) groups is 1. The van der Waals surface area contributed by atoms with E-state index in [0.29, 0.717) is 5.75 Å². The third-order valence-electron chi connectivity index (χ3n) is 1.98. The first-order valence-electron chi connectivity index (χ1n) is 4.83. The Bertz CT molecular complexity index is 317. The summed E-state index contributed by atoms with van der Waals surface area (Å²) in [6.07, 6.45) is -0.456. The number of aliphatic hydroxyl groups is 1. The summed E-state index contributed by atoms with van der Waals surface area (Å²) in [6.45, 7) is 1.99. The van der Waals surface area contributed by atoms with Gasteiger partial charge in [-0.3, -0.25) is 0 Å². The van der Waals surface area contributed by atoms with Crippen LogP contribution in [0, 0.1) is 11.6 Å². The maximum atomic E-state index is 13.2. The molecule has 1 unspecified atom stereocenters. The molecule has 0 aliphatic heterocycles. The molecule has 0 radical (unpaired) electrons. The van der Waals surface area contributed by atoms with E-state index in [1.165, 1.54) is 0 Å². The monoisotopic (exact) mass is 232 g/mol. The number of aliphatic hydroxyl groups excluding tert-OH is 1. The maximum Gasteiger partial charge on any atom is 0.126 e. The van der Waals surface area contributed by atoms with Crippen LogP contribution < -0.4 is 0 Å². The van der Waals surface area contributed by atoms with Crippen molar-refractivity contribution in [3.8, 4) is 0 Å². The molecule has 0 aromatic heterocycles. The molecule has 0 aliphatic rings. The van der Waals surface area contributed by atoms with Gasteiger partial charge in [-0.15, -0.1) is 0 Å². The van der Waals surface area contributed by atoms with Crippen LogP contribution in [0.1, 0.15) is 12.5 Å². The summed E-state index contributed by atoms with van der Waals surface area (Å²) < 4.78 is 26.0. The lowest BCUT2D eigenvalue weighted by Gasteiger charge is -2.10. The summed E-state index contributed by atoms with van der Waals surface area (Å²) in [5, 5.41) is 9.54. The Labute approximate surface area is 92.5 Å². The Balaban J connectivity index is 2.59. The Hall–Kier alpha value is -0.610.